The molecule has 0 spiro atoms. The van der Waals surface area contributed by atoms with Gasteiger partial charge in [-0.15, -0.1) is 0 Å². The summed E-state index contributed by atoms with van der Waals surface area (Å²) < 4.78 is 5.58. The minimum atomic E-state index is -0.105. The van der Waals surface area contributed by atoms with Crippen molar-refractivity contribution in [3.63, 3.8) is 0 Å². The first-order valence-electron chi connectivity index (χ1n) is 5.24. The third kappa shape index (κ3) is 7.90. The molecule has 0 radical (unpaired) electrons. The van der Waals surface area contributed by atoms with E-state index < -0.39 is 0 Å². The van der Waals surface area contributed by atoms with Gasteiger partial charge in [0, 0.05) is 6.04 Å². The Morgan fingerprint density at radius 1 is 1.14 bits per heavy atom. The standard InChI is InChI=1S/C11H24N2O/c1-8(2)12-10(14-9(3)4)13-11(5,6)7/h8-9H,1-7H3,(H,12,13). The number of rotatable bonds is 2. The average molecular weight is 200 g/mol. The van der Waals surface area contributed by atoms with Gasteiger partial charge in [0.15, 0.2) is 0 Å². The molecule has 0 aromatic rings. The molecule has 0 heterocycles. The Morgan fingerprint density at radius 2 is 1.64 bits per heavy atom. The Bertz CT molecular complexity index is 178. The van der Waals surface area contributed by atoms with E-state index in [4.69, 9.17) is 4.74 Å². The van der Waals surface area contributed by atoms with Gasteiger partial charge in [-0.3, -0.25) is 0 Å². The van der Waals surface area contributed by atoms with Gasteiger partial charge in [0.2, 0.25) is 0 Å². The van der Waals surface area contributed by atoms with Crippen molar-refractivity contribution in [2.75, 3.05) is 0 Å². The van der Waals surface area contributed by atoms with Crippen LogP contribution in [0.25, 0.3) is 0 Å². The van der Waals surface area contributed by atoms with Gasteiger partial charge in [0.25, 0.3) is 6.02 Å². The molecule has 3 heteroatoms. The molecule has 0 amide bonds. The Hall–Kier alpha value is -0.730. The minimum absolute atomic E-state index is 0.105. The topological polar surface area (TPSA) is 33.6 Å². The number of hydrogen-bond acceptors (Lipinski definition) is 2. The smallest absolute Gasteiger partial charge is 0.285 e. The van der Waals surface area contributed by atoms with Crippen molar-refractivity contribution in [3.05, 3.63) is 0 Å². The maximum atomic E-state index is 5.58. The van der Waals surface area contributed by atoms with Crippen LogP contribution in [0.5, 0.6) is 0 Å². The Morgan fingerprint density at radius 3 is 1.93 bits per heavy atom. The molecule has 0 aliphatic heterocycles. The molecular formula is C11H24N2O. The van der Waals surface area contributed by atoms with Crippen molar-refractivity contribution in [1.29, 1.82) is 0 Å². The van der Waals surface area contributed by atoms with Crippen LogP contribution in [-0.4, -0.2) is 23.7 Å². The lowest BCUT2D eigenvalue weighted by atomic mass is 10.1. The summed E-state index contributed by atoms with van der Waals surface area (Å²) in [4.78, 5) is 4.47. The van der Waals surface area contributed by atoms with Crippen LogP contribution in [0.15, 0.2) is 4.99 Å². The molecule has 0 saturated heterocycles. The lowest BCUT2D eigenvalue weighted by molar-refractivity contribution is 0.210. The van der Waals surface area contributed by atoms with Crippen LogP contribution in [0, 0.1) is 0 Å². The summed E-state index contributed by atoms with van der Waals surface area (Å²) in [6, 6.07) is 0.984. The summed E-state index contributed by atoms with van der Waals surface area (Å²) in [7, 11) is 0. The molecule has 0 bridgehead atoms. The maximum absolute atomic E-state index is 5.58. The highest BCUT2D eigenvalue weighted by molar-refractivity contribution is 5.74. The number of nitrogens with zero attached hydrogens (tertiary/aromatic N) is 1. The third-order valence-electron chi connectivity index (χ3n) is 1.20. The van der Waals surface area contributed by atoms with Crippen molar-refractivity contribution < 1.29 is 4.74 Å². The highest BCUT2D eigenvalue weighted by Crippen LogP contribution is 2.07. The summed E-state index contributed by atoms with van der Waals surface area (Å²) in [5, 5.41) is 3.20. The van der Waals surface area contributed by atoms with Crippen LogP contribution < -0.4 is 5.32 Å². The molecule has 0 aliphatic carbocycles. The quantitative estimate of drug-likeness (QED) is 0.549. The van der Waals surface area contributed by atoms with Gasteiger partial charge >= 0.3 is 0 Å². The van der Waals surface area contributed by atoms with E-state index in [1.165, 1.54) is 0 Å². The summed E-state index contributed by atoms with van der Waals surface area (Å²) in [6.45, 7) is 14.3. The van der Waals surface area contributed by atoms with E-state index in [0.29, 0.717) is 12.1 Å². The molecule has 0 fully saturated rings. The van der Waals surface area contributed by atoms with E-state index >= 15 is 0 Å². The van der Waals surface area contributed by atoms with Crippen LogP contribution in [0.3, 0.4) is 0 Å². The van der Waals surface area contributed by atoms with E-state index in [2.05, 4.69) is 44.9 Å². The van der Waals surface area contributed by atoms with Gasteiger partial charge in [-0.2, -0.15) is 0 Å². The minimum Gasteiger partial charge on any atom is -0.463 e. The molecule has 0 aromatic heterocycles. The number of ether oxygens (including phenoxy) is 1. The first kappa shape index (κ1) is 13.3. The zero-order valence-electron chi connectivity index (χ0n) is 10.5. The molecule has 14 heavy (non-hydrogen) atoms. The first-order valence-corrected chi connectivity index (χ1v) is 5.24. The van der Waals surface area contributed by atoms with Gasteiger partial charge in [-0.25, -0.2) is 4.99 Å². The maximum Gasteiger partial charge on any atom is 0.285 e. The first-order chi connectivity index (χ1) is 6.20. The lowest BCUT2D eigenvalue weighted by Gasteiger charge is -2.20. The molecule has 0 atom stereocenters. The van der Waals surface area contributed by atoms with Crippen LogP contribution in [0.1, 0.15) is 48.5 Å². The van der Waals surface area contributed by atoms with Crippen LogP contribution in [0.2, 0.25) is 0 Å². The molecule has 3 nitrogen and oxygen atoms in total. The van der Waals surface area contributed by atoms with Crippen LogP contribution in [0.4, 0.5) is 0 Å². The van der Waals surface area contributed by atoms with Crippen LogP contribution in [-0.2, 0) is 4.74 Å². The fraction of sp³-hybridized carbons (Fsp3) is 0.909. The molecule has 1 N–H and O–H groups in total. The largest absolute Gasteiger partial charge is 0.463 e. The fourth-order valence-electron chi connectivity index (χ4n) is 0.867. The van der Waals surface area contributed by atoms with Gasteiger partial charge in [-0.1, -0.05) is 0 Å². The van der Waals surface area contributed by atoms with Crippen molar-refractivity contribution in [3.8, 4) is 0 Å². The Balaban J connectivity index is 4.47. The second kappa shape index (κ2) is 5.23. The molecule has 0 saturated carbocycles. The molecule has 84 valence electrons. The third-order valence-corrected chi connectivity index (χ3v) is 1.20. The van der Waals surface area contributed by atoms with E-state index in [0.717, 1.165) is 0 Å². The van der Waals surface area contributed by atoms with Crippen LogP contribution >= 0.6 is 0 Å². The second-order valence-electron chi connectivity index (χ2n) is 5.05. The van der Waals surface area contributed by atoms with Gasteiger partial charge in [0.05, 0.1) is 11.6 Å². The SMILES string of the molecule is CC(C)NC(=NC(C)(C)C)OC(C)C. The van der Waals surface area contributed by atoms with Gasteiger partial charge in [0.1, 0.15) is 0 Å². The summed E-state index contributed by atoms with van der Waals surface area (Å²) in [5.41, 5.74) is -0.105. The average Bonchev–Trinajstić information content (AvgIpc) is 1.77. The van der Waals surface area contributed by atoms with Gasteiger partial charge < -0.3 is 10.1 Å². The van der Waals surface area contributed by atoms with Crippen molar-refractivity contribution in [2.24, 2.45) is 4.99 Å². The zero-order valence-corrected chi connectivity index (χ0v) is 10.5. The summed E-state index contributed by atoms with van der Waals surface area (Å²) in [6.07, 6.45) is 0.155. The number of aliphatic imine (C=N–C) groups is 1. The Labute approximate surface area is 87.9 Å². The van der Waals surface area contributed by atoms with Gasteiger partial charge in [-0.05, 0) is 48.5 Å². The highest BCUT2D eigenvalue weighted by atomic mass is 16.5. The molecular weight excluding hydrogens is 176 g/mol. The predicted molar refractivity (Wildman–Crippen MR) is 61.7 cm³/mol. The van der Waals surface area contributed by atoms with Crippen molar-refractivity contribution >= 4 is 6.02 Å². The number of nitrogens with one attached hydrogen (secondary N) is 1. The Kier molecular flexibility index (Phi) is 4.95. The highest BCUT2D eigenvalue weighted by Gasteiger charge is 2.12. The number of amidine groups is 1. The lowest BCUT2D eigenvalue weighted by Crippen LogP contribution is -2.36. The van der Waals surface area contributed by atoms with Crippen molar-refractivity contribution in [2.45, 2.75) is 66.2 Å². The monoisotopic (exact) mass is 200 g/mol. The van der Waals surface area contributed by atoms with Crippen molar-refractivity contribution in [1.82, 2.24) is 5.32 Å². The number of hydrogen-bond donors (Lipinski definition) is 1. The molecule has 0 aliphatic rings. The van der Waals surface area contributed by atoms with E-state index in [1.807, 2.05) is 13.8 Å². The van der Waals surface area contributed by atoms with E-state index in [1.54, 1.807) is 0 Å². The zero-order chi connectivity index (χ0) is 11.4. The predicted octanol–water partition coefficient (Wildman–Crippen LogP) is 2.56. The fourth-order valence-corrected chi connectivity index (χ4v) is 0.867. The molecule has 0 unspecified atom stereocenters. The van der Waals surface area contributed by atoms with E-state index in [9.17, 15) is 0 Å². The summed E-state index contributed by atoms with van der Waals surface area (Å²) >= 11 is 0. The second-order valence-corrected chi connectivity index (χ2v) is 5.05. The summed E-state index contributed by atoms with van der Waals surface area (Å²) in [5.74, 6) is 0. The molecule has 0 aromatic carbocycles. The van der Waals surface area contributed by atoms with E-state index in [-0.39, 0.29) is 11.6 Å². The normalized spacial score (nSPS) is 13.6. The molecule has 0 rings (SSSR count).